The Balaban J connectivity index is 0.757. The predicted molar refractivity (Wildman–Crippen MR) is 222 cm³/mol. The molecule has 0 saturated carbocycles. The van der Waals surface area contributed by atoms with E-state index < -0.39 is 241 Å². The summed E-state index contributed by atoms with van der Waals surface area (Å²) in [4.78, 5) is 0. The molecule has 35 atom stereocenters. The van der Waals surface area contributed by atoms with Crippen LogP contribution in [-0.2, 0) is 75.8 Å². The number of aliphatic hydroxyl groups is 17. The van der Waals surface area contributed by atoms with Crippen molar-refractivity contribution in [3.05, 3.63) is 0 Å². The summed E-state index contributed by atoms with van der Waals surface area (Å²) in [6, 6.07) is 0. The molecule has 17 N–H and O–H groups in total. The molecule has 33 nitrogen and oxygen atoms in total. The second-order valence-corrected chi connectivity index (χ2v) is 19.9. The normalized spacial score (nSPS) is 56.8. The van der Waals surface area contributed by atoms with Crippen LogP contribution in [0, 0.1) is 0 Å². The Hall–Kier alpha value is -1.32. The van der Waals surface area contributed by atoms with Crippen molar-refractivity contribution in [3.8, 4) is 0 Å². The van der Waals surface area contributed by atoms with Crippen molar-refractivity contribution in [1.82, 2.24) is 0 Å². The molecule has 0 radical (unpaired) electrons. The van der Waals surface area contributed by atoms with Gasteiger partial charge in [-0.1, -0.05) is 0 Å². The molecule has 10 saturated heterocycles. The molecule has 10 rings (SSSR count). The van der Waals surface area contributed by atoms with Crippen molar-refractivity contribution < 1.29 is 163 Å². The minimum atomic E-state index is -1.92. The summed E-state index contributed by atoms with van der Waals surface area (Å²) >= 11 is 0. The first-order valence-electron chi connectivity index (χ1n) is 24.5. The van der Waals surface area contributed by atoms with Gasteiger partial charge in [0.25, 0.3) is 0 Å². The van der Waals surface area contributed by atoms with Crippen LogP contribution in [0.3, 0.4) is 0 Å². The molecule has 432 valence electrons. The summed E-state index contributed by atoms with van der Waals surface area (Å²) in [5, 5.41) is 181. The SMILES string of the molecule is OCC1OC(OC2C3COC2C(O)C(OC2C(O)C(CO)OC(OC4C5COC4C(O)C(OC4C(O)C(CO)OC(OC6C7COC6C(O)C(OC6C(O)C(O)OC(CO)C6O)O7)C4O)O5)C2O)O3)C(O)C(O)C1O. The second-order valence-electron chi connectivity index (χ2n) is 19.9. The number of rotatable bonds is 16. The Morgan fingerprint density at radius 1 is 0.267 bits per heavy atom. The van der Waals surface area contributed by atoms with E-state index in [4.69, 9.17) is 75.8 Å². The lowest BCUT2D eigenvalue weighted by Gasteiger charge is -2.48. The third-order valence-corrected chi connectivity index (χ3v) is 15.3. The minimum Gasteiger partial charge on any atom is -0.394 e. The van der Waals surface area contributed by atoms with E-state index in [0.29, 0.717) is 0 Å². The van der Waals surface area contributed by atoms with Crippen LogP contribution in [0.2, 0.25) is 0 Å². The van der Waals surface area contributed by atoms with Crippen LogP contribution in [0.4, 0.5) is 0 Å². The molecule has 6 bridgehead atoms. The maximum Gasteiger partial charge on any atom is 0.187 e. The van der Waals surface area contributed by atoms with Crippen molar-refractivity contribution in [3.63, 3.8) is 0 Å². The van der Waals surface area contributed by atoms with Gasteiger partial charge in [-0.25, -0.2) is 0 Å². The smallest absolute Gasteiger partial charge is 0.187 e. The average molecular weight is 1100 g/mol. The highest BCUT2D eigenvalue weighted by atomic mass is 16.8. The molecule has 35 unspecified atom stereocenters. The summed E-state index contributed by atoms with van der Waals surface area (Å²) in [6.45, 7) is -3.82. The van der Waals surface area contributed by atoms with Gasteiger partial charge < -0.3 is 163 Å². The van der Waals surface area contributed by atoms with Crippen LogP contribution in [0.5, 0.6) is 0 Å². The highest BCUT2D eigenvalue weighted by Gasteiger charge is 2.62. The predicted octanol–water partition coefficient (Wildman–Crippen LogP) is -13.1. The van der Waals surface area contributed by atoms with E-state index in [1.54, 1.807) is 0 Å². The molecule has 0 aromatic heterocycles. The zero-order valence-electron chi connectivity index (χ0n) is 39.3. The summed E-state index contributed by atoms with van der Waals surface area (Å²) in [7, 11) is 0. The fraction of sp³-hybridized carbons (Fsp3) is 1.00. The highest BCUT2D eigenvalue weighted by Crippen LogP contribution is 2.42. The fourth-order valence-electron chi connectivity index (χ4n) is 11.1. The van der Waals surface area contributed by atoms with E-state index in [0.717, 1.165) is 0 Å². The van der Waals surface area contributed by atoms with Crippen LogP contribution in [0.15, 0.2) is 0 Å². The monoisotopic (exact) mass is 1100 g/mol. The summed E-state index contributed by atoms with van der Waals surface area (Å²) < 4.78 is 92.2. The molecule has 10 aliphatic rings. The van der Waals surface area contributed by atoms with Crippen LogP contribution in [0.1, 0.15) is 0 Å². The minimum absolute atomic E-state index is 0.192. The lowest BCUT2D eigenvalue weighted by atomic mass is 9.96. The molecule has 0 spiro atoms. The molecular weight excluding hydrogens is 1030 g/mol. The van der Waals surface area contributed by atoms with E-state index in [9.17, 15) is 86.8 Å². The molecule has 10 aliphatic heterocycles. The van der Waals surface area contributed by atoms with Crippen molar-refractivity contribution in [2.75, 3.05) is 46.2 Å². The molecule has 75 heavy (non-hydrogen) atoms. The van der Waals surface area contributed by atoms with Gasteiger partial charge in [0.05, 0.1) is 46.2 Å². The van der Waals surface area contributed by atoms with Gasteiger partial charge in [-0.2, -0.15) is 0 Å². The van der Waals surface area contributed by atoms with E-state index in [1.165, 1.54) is 0 Å². The van der Waals surface area contributed by atoms with E-state index in [-0.39, 0.29) is 19.8 Å². The summed E-state index contributed by atoms with van der Waals surface area (Å²) in [5.74, 6) is 0. The third-order valence-electron chi connectivity index (χ3n) is 15.3. The van der Waals surface area contributed by atoms with Gasteiger partial charge in [-0.15, -0.1) is 0 Å². The Bertz CT molecular complexity index is 1860. The molecule has 0 aromatic carbocycles. The van der Waals surface area contributed by atoms with Gasteiger partial charge in [0.15, 0.2) is 44.0 Å². The zero-order valence-corrected chi connectivity index (χ0v) is 39.3. The second kappa shape index (κ2) is 23.3. The van der Waals surface area contributed by atoms with Crippen LogP contribution in [0.25, 0.3) is 0 Å². The van der Waals surface area contributed by atoms with Crippen molar-refractivity contribution in [1.29, 1.82) is 0 Å². The average Bonchev–Trinajstić information content (AvgIpc) is 4.03. The number of ether oxygens (including phenoxy) is 16. The Kier molecular flexibility index (Phi) is 17.7. The lowest BCUT2D eigenvalue weighted by molar-refractivity contribution is -0.382. The first kappa shape index (κ1) is 56.9. The molecule has 0 aliphatic carbocycles. The first-order chi connectivity index (χ1) is 35.9. The van der Waals surface area contributed by atoms with Gasteiger partial charge in [0.1, 0.15) is 171 Å². The number of hydrogen-bond acceptors (Lipinski definition) is 33. The molecule has 10 heterocycles. The number of hydrogen-bond donors (Lipinski definition) is 17. The maximum atomic E-state index is 11.6. The molecular formula is C42H66O33. The van der Waals surface area contributed by atoms with Crippen LogP contribution in [-0.4, -0.2) is 348 Å². The number of fused-ring (bicyclic) bond motifs is 6. The fourth-order valence-corrected chi connectivity index (χ4v) is 11.1. The quantitative estimate of drug-likeness (QED) is 0.0682. The van der Waals surface area contributed by atoms with Crippen molar-refractivity contribution >= 4 is 0 Å². The zero-order chi connectivity index (χ0) is 53.5. The van der Waals surface area contributed by atoms with Gasteiger partial charge in [0, 0.05) is 0 Å². The van der Waals surface area contributed by atoms with Crippen molar-refractivity contribution in [2.45, 2.75) is 215 Å². The van der Waals surface area contributed by atoms with E-state index in [1.807, 2.05) is 0 Å². The summed E-state index contributed by atoms with van der Waals surface area (Å²) in [6.07, 6.45) is -54.6. The van der Waals surface area contributed by atoms with Crippen LogP contribution >= 0.6 is 0 Å². The van der Waals surface area contributed by atoms with Crippen LogP contribution < -0.4 is 0 Å². The van der Waals surface area contributed by atoms with Gasteiger partial charge in [0.2, 0.25) is 0 Å². The van der Waals surface area contributed by atoms with Gasteiger partial charge >= 0.3 is 0 Å². The van der Waals surface area contributed by atoms with Gasteiger partial charge in [-0.05, 0) is 0 Å². The van der Waals surface area contributed by atoms with Gasteiger partial charge in [-0.3, -0.25) is 0 Å². The standard InChI is InChI=1S/C42H66O33/c43-1-8-15(47)19(51)20(52)37(64-8)70-27-12-5-60-33(27)25(57)41(68-12)74-31-17(49)10(3-45)66-39(22(31)54)72-29-14-7-62-35(29)26(58)42(69-14)75-32-18(50)11(4-46)65-38(23(32)55)71-28-13-6-61-34(28)24(56)40(67-13)73-30-16(48)9(2-44)63-36(59)21(30)53/h8-59H,1-7H2. The Labute approximate surface area is 423 Å². The molecule has 33 heteroatoms. The number of aliphatic hydroxyl groups excluding tert-OH is 17. The Morgan fingerprint density at radius 2 is 0.547 bits per heavy atom. The summed E-state index contributed by atoms with van der Waals surface area (Å²) in [5.41, 5.74) is 0. The molecule has 0 amide bonds. The molecule has 0 aromatic rings. The third kappa shape index (κ3) is 10.5. The van der Waals surface area contributed by atoms with Crippen molar-refractivity contribution in [2.24, 2.45) is 0 Å². The highest BCUT2D eigenvalue weighted by molar-refractivity contribution is 5.04. The lowest BCUT2D eigenvalue weighted by Crippen LogP contribution is -2.66. The van der Waals surface area contributed by atoms with E-state index >= 15 is 0 Å². The largest absolute Gasteiger partial charge is 0.394 e. The topological polar surface area (TPSA) is 492 Å². The first-order valence-corrected chi connectivity index (χ1v) is 24.5. The maximum absolute atomic E-state index is 11.6. The Morgan fingerprint density at radius 3 is 0.893 bits per heavy atom. The van der Waals surface area contributed by atoms with E-state index in [2.05, 4.69) is 0 Å². The molecule has 10 fully saturated rings.